The fourth-order valence-electron chi connectivity index (χ4n) is 1.91. The van der Waals surface area contributed by atoms with Gasteiger partial charge >= 0.3 is 12.0 Å². The molecule has 1 aliphatic rings. The van der Waals surface area contributed by atoms with E-state index in [1.54, 1.807) is 0 Å². The second kappa shape index (κ2) is 6.44. The molecule has 1 aliphatic heterocycles. The number of nitrogens with zero attached hydrogens (tertiary/aromatic N) is 1. The van der Waals surface area contributed by atoms with Crippen molar-refractivity contribution in [3.8, 4) is 0 Å². The van der Waals surface area contributed by atoms with Crippen LogP contribution < -0.4 is 5.32 Å². The standard InChI is InChI=1S/C11H20N2O4/c1-2-3-8(10(15)16)6-12-11(17)13-5-4-9(14)7-13/h8-9,14H,2-7H2,1H3,(H,12,17)(H,15,16). The number of rotatable bonds is 5. The molecule has 0 aliphatic carbocycles. The van der Waals surface area contributed by atoms with Gasteiger partial charge in [-0.2, -0.15) is 0 Å². The largest absolute Gasteiger partial charge is 0.481 e. The highest BCUT2D eigenvalue weighted by molar-refractivity contribution is 5.76. The van der Waals surface area contributed by atoms with Gasteiger partial charge in [-0.05, 0) is 12.8 Å². The van der Waals surface area contributed by atoms with Gasteiger partial charge in [-0.25, -0.2) is 4.79 Å². The van der Waals surface area contributed by atoms with Gasteiger partial charge in [0.15, 0.2) is 0 Å². The Bertz CT molecular complexity index is 283. The topological polar surface area (TPSA) is 89.9 Å². The molecule has 6 nitrogen and oxygen atoms in total. The second-order valence-corrected chi connectivity index (χ2v) is 4.40. The fourth-order valence-corrected chi connectivity index (χ4v) is 1.91. The molecule has 1 fully saturated rings. The molecule has 2 atom stereocenters. The predicted molar refractivity (Wildman–Crippen MR) is 61.6 cm³/mol. The lowest BCUT2D eigenvalue weighted by Gasteiger charge is -2.18. The monoisotopic (exact) mass is 244 g/mol. The van der Waals surface area contributed by atoms with Gasteiger partial charge in [-0.1, -0.05) is 13.3 Å². The number of urea groups is 1. The lowest BCUT2D eigenvalue weighted by Crippen LogP contribution is -2.42. The number of aliphatic carboxylic acids is 1. The van der Waals surface area contributed by atoms with Crippen LogP contribution in [0.15, 0.2) is 0 Å². The molecule has 1 rings (SSSR count). The minimum atomic E-state index is -0.881. The number of nitrogens with one attached hydrogen (secondary N) is 1. The Kier molecular flexibility index (Phi) is 5.21. The molecule has 17 heavy (non-hydrogen) atoms. The summed E-state index contributed by atoms with van der Waals surface area (Å²) in [6.45, 7) is 2.92. The number of aliphatic hydroxyl groups excluding tert-OH is 1. The third-order valence-corrected chi connectivity index (χ3v) is 2.94. The highest BCUT2D eigenvalue weighted by Gasteiger charge is 2.25. The number of hydrogen-bond donors (Lipinski definition) is 3. The molecule has 98 valence electrons. The van der Waals surface area contributed by atoms with E-state index in [-0.39, 0.29) is 12.6 Å². The van der Waals surface area contributed by atoms with Crippen LogP contribution in [0.1, 0.15) is 26.2 Å². The van der Waals surface area contributed by atoms with Gasteiger partial charge < -0.3 is 20.4 Å². The lowest BCUT2D eigenvalue weighted by molar-refractivity contribution is -0.141. The minimum Gasteiger partial charge on any atom is -0.481 e. The number of hydrogen-bond acceptors (Lipinski definition) is 3. The van der Waals surface area contributed by atoms with Crippen LogP contribution in [-0.4, -0.2) is 52.9 Å². The SMILES string of the molecule is CCCC(CNC(=O)N1CCC(O)C1)C(=O)O. The number of carbonyl (C=O) groups is 2. The van der Waals surface area contributed by atoms with E-state index < -0.39 is 18.0 Å². The van der Waals surface area contributed by atoms with Crippen molar-refractivity contribution in [2.24, 2.45) is 5.92 Å². The first-order valence-electron chi connectivity index (χ1n) is 5.98. The molecule has 0 aromatic carbocycles. The van der Waals surface area contributed by atoms with E-state index in [9.17, 15) is 14.7 Å². The summed E-state index contributed by atoms with van der Waals surface area (Å²) in [6, 6.07) is -0.288. The highest BCUT2D eigenvalue weighted by Crippen LogP contribution is 2.09. The maximum Gasteiger partial charge on any atom is 0.317 e. The van der Waals surface area contributed by atoms with Gasteiger partial charge in [0.05, 0.1) is 12.0 Å². The van der Waals surface area contributed by atoms with Crippen molar-refractivity contribution in [1.29, 1.82) is 0 Å². The Hall–Kier alpha value is -1.30. The molecule has 0 radical (unpaired) electrons. The number of likely N-dealkylation sites (tertiary alicyclic amines) is 1. The van der Waals surface area contributed by atoms with Crippen LogP contribution in [0, 0.1) is 5.92 Å². The van der Waals surface area contributed by atoms with Gasteiger partial charge in [0, 0.05) is 19.6 Å². The average Bonchev–Trinajstić information content (AvgIpc) is 2.70. The number of aliphatic hydroxyl groups is 1. The van der Waals surface area contributed by atoms with E-state index in [1.165, 1.54) is 4.90 Å². The van der Waals surface area contributed by atoms with E-state index in [2.05, 4.69) is 5.32 Å². The first kappa shape index (κ1) is 13.8. The van der Waals surface area contributed by atoms with Gasteiger partial charge in [0.25, 0.3) is 0 Å². The predicted octanol–water partition coefficient (Wildman–Crippen LogP) is 0.263. The number of carbonyl (C=O) groups excluding carboxylic acids is 1. The number of β-amino-alcohol motifs (C(OH)–C–C–N with tert-alkyl or cyclic N) is 1. The third kappa shape index (κ3) is 4.22. The zero-order chi connectivity index (χ0) is 12.8. The molecule has 0 bridgehead atoms. The fraction of sp³-hybridized carbons (Fsp3) is 0.818. The van der Waals surface area contributed by atoms with Crippen molar-refractivity contribution >= 4 is 12.0 Å². The van der Waals surface area contributed by atoms with Crippen molar-refractivity contribution in [1.82, 2.24) is 10.2 Å². The van der Waals surface area contributed by atoms with E-state index >= 15 is 0 Å². The maximum atomic E-state index is 11.6. The molecule has 6 heteroatoms. The summed E-state index contributed by atoms with van der Waals surface area (Å²) >= 11 is 0. The molecule has 2 amide bonds. The van der Waals surface area contributed by atoms with E-state index in [1.807, 2.05) is 6.92 Å². The van der Waals surface area contributed by atoms with Crippen molar-refractivity contribution in [3.05, 3.63) is 0 Å². The Labute approximate surface area is 101 Å². The summed E-state index contributed by atoms with van der Waals surface area (Å²) in [5.74, 6) is -1.41. The maximum absolute atomic E-state index is 11.6. The molecular weight excluding hydrogens is 224 g/mol. The number of carboxylic acids is 1. The van der Waals surface area contributed by atoms with Crippen LogP contribution in [0.25, 0.3) is 0 Å². The Balaban J connectivity index is 2.33. The van der Waals surface area contributed by atoms with Crippen molar-refractivity contribution in [2.75, 3.05) is 19.6 Å². The Morgan fingerprint density at radius 3 is 2.71 bits per heavy atom. The smallest absolute Gasteiger partial charge is 0.317 e. The Morgan fingerprint density at radius 1 is 1.53 bits per heavy atom. The van der Waals surface area contributed by atoms with Crippen LogP contribution in [0.2, 0.25) is 0 Å². The van der Waals surface area contributed by atoms with Crippen LogP contribution in [0.4, 0.5) is 4.79 Å². The van der Waals surface area contributed by atoms with Gasteiger partial charge in [-0.3, -0.25) is 4.79 Å². The van der Waals surface area contributed by atoms with Crippen LogP contribution in [0.3, 0.4) is 0 Å². The van der Waals surface area contributed by atoms with Crippen molar-refractivity contribution in [3.63, 3.8) is 0 Å². The molecule has 3 N–H and O–H groups in total. The molecule has 0 aromatic rings. The molecular formula is C11H20N2O4. The number of carboxylic acid groups (broad SMARTS) is 1. The zero-order valence-corrected chi connectivity index (χ0v) is 10.1. The molecule has 2 unspecified atom stereocenters. The molecule has 1 saturated heterocycles. The summed E-state index contributed by atoms with van der Waals surface area (Å²) in [4.78, 5) is 24.0. The van der Waals surface area contributed by atoms with E-state index in [0.29, 0.717) is 25.9 Å². The van der Waals surface area contributed by atoms with Gasteiger partial charge in [-0.15, -0.1) is 0 Å². The molecule has 0 aromatic heterocycles. The van der Waals surface area contributed by atoms with Crippen LogP contribution in [-0.2, 0) is 4.79 Å². The van der Waals surface area contributed by atoms with E-state index in [0.717, 1.165) is 6.42 Å². The Morgan fingerprint density at radius 2 is 2.24 bits per heavy atom. The van der Waals surface area contributed by atoms with E-state index in [4.69, 9.17) is 5.11 Å². The van der Waals surface area contributed by atoms with Crippen LogP contribution >= 0.6 is 0 Å². The molecule has 1 heterocycles. The third-order valence-electron chi connectivity index (χ3n) is 2.94. The summed E-state index contributed by atoms with van der Waals surface area (Å²) in [5.41, 5.74) is 0. The quantitative estimate of drug-likeness (QED) is 0.647. The first-order valence-corrected chi connectivity index (χ1v) is 5.98. The molecule has 0 spiro atoms. The van der Waals surface area contributed by atoms with Crippen LogP contribution in [0.5, 0.6) is 0 Å². The van der Waals surface area contributed by atoms with Gasteiger partial charge in [0.1, 0.15) is 0 Å². The zero-order valence-electron chi connectivity index (χ0n) is 10.1. The van der Waals surface area contributed by atoms with Gasteiger partial charge in [0.2, 0.25) is 0 Å². The molecule has 0 saturated carbocycles. The summed E-state index contributed by atoms with van der Waals surface area (Å²) in [5, 5.41) is 20.8. The average molecular weight is 244 g/mol. The lowest BCUT2D eigenvalue weighted by atomic mass is 10.0. The minimum absolute atomic E-state index is 0.147. The van der Waals surface area contributed by atoms with Crippen molar-refractivity contribution in [2.45, 2.75) is 32.3 Å². The summed E-state index contributed by atoms with van der Waals surface area (Å²) in [7, 11) is 0. The normalized spacial score (nSPS) is 21.3. The summed E-state index contributed by atoms with van der Waals surface area (Å²) in [6.07, 6.45) is 1.46. The highest BCUT2D eigenvalue weighted by atomic mass is 16.4. The first-order chi connectivity index (χ1) is 8.04. The number of amides is 2. The second-order valence-electron chi connectivity index (χ2n) is 4.40. The summed E-state index contributed by atoms with van der Waals surface area (Å²) < 4.78 is 0. The van der Waals surface area contributed by atoms with Crippen molar-refractivity contribution < 1.29 is 19.8 Å².